The largest absolute Gasteiger partial charge is 0.339 e. The van der Waals surface area contributed by atoms with Gasteiger partial charge in [0.2, 0.25) is 15.9 Å². The van der Waals surface area contributed by atoms with Gasteiger partial charge in [-0.1, -0.05) is 11.6 Å². The van der Waals surface area contributed by atoms with E-state index in [0.717, 1.165) is 17.6 Å². The third-order valence-electron chi connectivity index (χ3n) is 3.31. The number of amides is 1. The fourth-order valence-corrected chi connectivity index (χ4v) is 4.65. The Hall–Kier alpha value is -0.630. The SMILES string of the molecule is CN(Cc1ccc(Cl)s1)C(=O)[C@H]1CCCN1S(C)(=O)=O. The first-order valence-electron chi connectivity index (χ1n) is 6.25. The number of nitrogens with zero attached hydrogens (tertiary/aromatic N) is 2. The van der Waals surface area contributed by atoms with Gasteiger partial charge in [-0.2, -0.15) is 4.31 Å². The summed E-state index contributed by atoms with van der Waals surface area (Å²) in [5, 5.41) is 0. The van der Waals surface area contributed by atoms with Crippen molar-refractivity contribution in [2.24, 2.45) is 0 Å². The molecule has 1 aromatic heterocycles. The first-order valence-corrected chi connectivity index (χ1v) is 9.29. The minimum absolute atomic E-state index is 0.155. The van der Waals surface area contributed by atoms with Crippen molar-refractivity contribution in [1.82, 2.24) is 9.21 Å². The molecule has 2 heterocycles. The van der Waals surface area contributed by atoms with Gasteiger partial charge in [0.05, 0.1) is 17.1 Å². The number of hydrogen-bond donors (Lipinski definition) is 0. The second-order valence-corrected chi connectivity index (χ2v) is 8.67. The summed E-state index contributed by atoms with van der Waals surface area (Å²) >= 11 is 7.28. The van der Waals surface area contributed by atoms with Gasteiger partial charge in [-0.15, -0.1) is 11.3 Å². The van der Waals surface area contributed by atoms with Crippen LogP contribution >= 0.6 is 22.9 Å². The van der Waals surface area contributed by atoms with E-state index in [4.69, 9.17) is 11.6 Å². The van der Waals surface area contributed by atoms with Crippen molar-refractivity contribution in [1.29, 1.82) is 0 Å². The molecule has 1 aromatic rings. The van der Waals surface area contributed by atoms with Gasteiger partial charge in [-0.05, 0) is 25.0 Å². The third kappa shape index (κ3) is 3.52. The van der Waals surface area contributed by atoms with E-state index in [9.17, 15) is 13.2 Å². The van der Waals surface area contributed by atoms with Crippen LogP contribution in [0.4, 0.5) is 0 Å². The first kappa shape index (κ1) is 15.8. The van der Waals surface area contributed by atoms with Crippen LogP contribution in [0.1, 0.15) is 17.7 Å². The maximum Gasteiger partial charge on any atom is 0.241 e. The number of rotatable bonds is 4. The Balaban J connectivity index is 2.06. The molecule has 1 fully saturated rings. The highest BCUT2D eigenvalue weighted by atomic mass is 35.5. The molecule has 2 rings (SSSR count). The number of carbonyl (C=O) groups excluding carboxylic acids is 1. The van der Waals surface area contributed by atoms with E-state index in [0.29, 0.717) is 23.8 Å². The highest BCUT2D eigenvalue weighted by Gasteiger charge is 2.37. The molecule has 0 radical (unpaired) electrons. The highest BCUT2D eigenvalue weighted by molar-refractivity contribution is 7.88. The summed E-state index contributed by atoms with van der Waals surface area (Å²) < 4.78 is 25.3. The molecule has 1 atom stereocenters. The highest BCUT2D eigenvalue weighted by Crippen LogP contribution is 2.25. The Morgan fingerprint density at radius 3 is 2.80 bits per heavy atom. The molecule has 1 amide bonds. The lowest BCUT2D eigenvalue weighted by Gasteiger charge is -2.26. The molecule has 0 aliphatic carbocycles. The normalized spacial score (nSPS) is 20.2. The van der Waals surface area contributed by atoms with Crippen LogP contribution in [0.25, 0.3) is 0 Å². The van der Waals surface area contributed by atoms with Gasteiger partial charge < -0.3 is 4.90 Å². The van der Waals surface area contributed by atoms with E-state index in [1.54, 1.807) is 18.0 Å². The molecule has 20 heavy (non-hydrogen) atoms. The number of carbonyl (C=O) groups is 1. The van der Waals surface area contributed by atoms with Crippen molar-refractivity contribution in [3.8, 4) is 0 Å². The number of sulfonamides is 1. The predicted molar refractivity (Wildman–Crippen MR) is 80.4 cm³/mol. The summed E-state index contributed by atoms with van der Waals surface area (Å²) in [6.45, 7) is 0.873. The third-order valence-corrected chi connectivity index (χ3v) is 5.82. The van der Waals surface area contributed by atoms with Crippen molar-refractivity contribution in [3.63, 3.8) is 0 Å². The van der Waals surface area contributed by atoms with Crippen LogP contribution in [-0.2, 0) is 21.4 Å². The van der Waals surface area contributed by atoms with Crippen LogP contribution in [0.2, 0.25) is 4.34 Å². The topological polar surface area (TPSA) is 57.7 Å². The maximum absolute atomic E-state index is 12.4. The maximum atomic E-state index is 12.4. The van der Waals surface area contributed by atoms with E-state index in [1.807, 2.05) is 6.07 Å². The second kappa shape index (κ2) is 6.01. The Bertz CT molecular complexity index is 600. The van der Waals surface area contributed by atoms with Gasteiger partial charge in [0.15, 0.2) is 0 Å². The van der Waals surface area contributed by atoms with E-state index in [2.05, 4.69) is 0 Å². The van der Waals surface area contributed by atoms with Crippen LogP contribution in [0.3, 0.4) is 0 Å². The number of halogens is 1. The van der Waals surface area contributed by atoms with Gasteiger partial charge in [0, 0.05) is 18.5 Å². The number of thiophene rings is 1. The lowest BCUT2D eigenvalue weighted by Crippen LogP contribution is -2.45. The predicted octanol–water partition coefficient (Wildman–Crippen LogP) is 1.78. The molecule has 0 unspecified atom stereocenters. The minimum atomic E-state index is -3.33. The monoisotopic (exact) mass is 336 g/mol. The summed E-state index contributed by atoms with van der Waals surface area (Å²) in [4.78, 5) is 15.0. The summed E-state index contributed by atoms with van der Waals surface area (Å²) in [5.41, 5.74) is 0. The summed E-state index contributed by atoms with van der Waals surface area (Å²) in [7, 11) is -1.64. The van der Waals surface area contributed by atoms with Gasteiger partial charge in [-0.3, -0.25) is 4.79 Å². The van der Waals surface area contributed by atoms with Crippen molar-refractivity contribution < 1.29 is 13.2 Å². The van der Waals surface area contributed by atoms with Crippen molar-refractivity contribution in [3.05, 3.63) is 21.3 Å². The molecular weight excluding hydrogens is 320 g/mol. The van der Waals surface area contributed by atoms with Crippen LogP contribution in [0.15, 0.2) is 12.1 Å². The Morgan fingerprint density at radius 2 is 2.25 bits per heavy atom. The zero-order valence-corrected chi connectivity index (χ0v) is 13.8. The Labute approximate surface area is 128 Å². The molecule has 1 saturated heterocycles. The molecule has 0 N–H and O–H groups in total. The van der Waals surface area contributed by atoms with Crippen LogP contribution in [-0.4, -0.2) is 49.4 Å². The lowest BCUT2D eigenvalue weighted by molar-refractivity contribution is -0.133. The van der Waals surface area contributed by atoms with E-state index in [1.165, 1.54) is 15.6 Å². The van der Waals surface area contributed by atoms with Crippen molar-refractivity contribution >= 4 is 38.9 Å². The zero-order valence-electron chi connectivity index (χ0n) is 11.4. The van der Waals surface area contributed by atoms with Crippen LogP contribution < -0.4 is 0 Å². The van der Waals surface area contributed by atoms with E-state index in [-0.39, 0.29) is 5.91 Å². The molecular formula is C12H17ClN2O3S2. The van der Waals surface area contributed by atoms with Crippen molar-refractivity contribution in [2.75, 3.05) is 19.8 Å². The molecule has 5 nitrogen and oxygen atoms in total. The average molecular weight is 337 g/mol. The smallest absolute Gasteiger partial charge is 0.241 e. The van der Waals surface area contributed by atoms with E-state index < -0.39 is 16.1 Å². The van der Waals surface area contributed by atoms with Gasteiger partial charge in [0.25, 0.3) is 0 Å². The summed E-state index contributed by atoms with van der Waals surface area (Å²) in [6, 6.07) is 3.10. The van der Waals surface area contributed by atoms with Gasteiger partial charge in [0.1, 0.15) is 6.04 Å². The van der Waals surface area contributed by atoms with Gasteiger partial charge in [-0.25, -0.2) is 8.42 Å². The molecule has 0 aromatic carbocycles. The van der Waals surface area contributed by atoms with Crippen LogP contribution in [0.5, 0.6) is 0 Å². The van der Waals surface area contributed by atoms with Gasteiger partial charge >= 0.3 is 0 Å². The molecule has 0 saturated carbocycles. The molecule has 0 bridgehead atoms. The molecule has 1 aliphatic rings. The Morgan fingerprint density at radius 1 is 1.55 bits per heavy atom. The minimum Gasteiger partial charge on any atom is -0.339 e. The number of likely N-dealkylation sites (N-methyl/N-ethyl adjacent to an activating group) is 1. The fraction of sp³-hybridized carbons (Fsp3) is 0.583. The lowest BCUT2D eigenvalue weighted by atomic mass is 10.2. The fourth-order valence-electron chi connectivity index (χ4n) is 2.39. The molecule has 8 heteroatoms. The molecule has 0 spiro atoms. The van der Waals surface area contributed by atoms with E-state index >= 15 is 0 Å². The molecule has 1 aliphatic heterocycles. The quantitative estimate of drug-likeness (QED) is 0.842. The summed E-state index contributed by atoms with van der Waals surface area (Å²) in [5.74, 6) is -0.155. The zero-order chi connectivity index (χ0) is 14.9. The second-order valence-electron chi connectivity index (χ2n) is 4.93. The Kier molecular flexibility index (Phi) is 4.73. The van der Waals surface area contributed by atoms with Crippen molar-refractivity contribution in [2.45, 2.75) is 25.4 Å². The average Bonchev–Trinajstić information content (AvgIpc) is 2.96. The first-order chi connectivity index (χ1) is 9.29. The van der Waals surface area contributed by atoms with Crippen LogP contribution in [0, 0.1) is 0 Å². The summed E-state index contributed by atoms with van der Waals surface area (Å²) in [6.07, 6.45) is 2.46. The molecule has 112 valence electrons. The number of hydrogen-bond acceptors (Lipinski definition) is 4. The standard InChI is InChI=1S/C12H17ClN2O3S2/c1-14(8-9-5-6-11(13)19-9)12(16)10-4-3-7-15(10)20(2,17)18/h5-6,10H,3-4,7-8H2,1-2H3/t10-/m1/s1.